The number of rotatable bonds is 12. The highest BCUT2D eigenvalue weighted by molar-refractivity contribution is 14.0. The van der Waals surface area contributed by atoms with Crippen molar-refractivity contribution in [2.75, 3.05) is 47.4 Å². The van der Waals surface area contributed by atoms with Crippen LogP contribution in [0.15, 0.2) is 29.3 Å². The second-order valence-electron chi connectivity index (χ2n) is 7.02. The Morgan fingerprint density at radius 3 is 2.54 bits per heavy atom. The first-order valence-electron chi connectivity index (χ1n) is 9.99. The van der Waals surface area contributed by atoms with Gasteiger partial charge in [-0.15, -0.1) is 24.0 Å². The molecule has 6 nitrogen and oxygen atoms in total. The zero-order valence-electron chi connectivity index (χ0n) is 18.1. The quantitative estimate of drug-likeness (QED) is 0.231. The van der Waals surface area contributed by atoms with Gasteiger partial charge in [-0.25, -0.2) is 0 Å². The summed E-state index contributed by atoms with van der Waals surface area (Å²) in [6.07, 6.45) is 3.01. The first kappa shape index (κ1) is 26.9. The smallest absolute Gasteiger partial charge is 0.191 e. The highest BCUT2D eigenvalue weighted by Crippen LogP contribution is 2.22. The van der Waals surface area contributed by atoms with Crippen LogP contribution in [-0.2, 0) is 0 Å². The second-order valence-corrected chi connectivity index (χ2v) is 7.02. The Balaban J connectivity index is 0.00000729. The van der Waals surface area contributed by atoms with Crippen LogP contribution in [0.25, 0.3) is 0 Å². The molecule has 0 aliphatic carbocycles. The standard InChI is InChI=1S/C21H38N4O2.HI/c1-6-9-17(12-13-26)15-23-21(22-7-2)24-16-20(25(3)4)18-10-8-11-19(14-18)27-5;/h8,10-11,14,17,20,26H,6-7,9,12-13,15-16H2,1-5H3,(H2,22,23,24);1H. The maximum absolute atomic E-state index is 9.24. The van der Waals surface area contributed by atoms with E-state index in [0.29, 0.717) is 5.92 Å². The summed E-state index contributed by atoms with van der Waals surface area (Å²) >= 11 is 0. The Kier molecular flexibility index (Phi) is 15.2. The third kappa shape index (κ3) is 9.93. The molecule has 2 unspecified atom stereocenters. The SMILES string of the molecule is CCCC(CCO)CN=C(NCC)NCC(c1cccc(OC)c1)N(C)C.I. The van der Waals surface area contributed by atoms with Gasteiger partial charge in [0, 0.05) is 26.2 Å². The number of nitrogens with zero attached hydrogens (tertiary/aromatic N) is 2. The molecule has 0 heterocycles. The first-order valence-corrected chi connectivity index (χ1v) is 9.99. The molecule has 1 aromatic rings. The van der Waals surface area contributed by atoms with Crippen LogP contribution in [0, 0.1) is 5.92 Å². The Morgan fingerprint density at radius 1 is 1.21 bits per heavy atom. The summed E-state index contributed by atoms with van der Waals surface area (Å²) in [4.78, 5) is 6.94. The molecule has 7 heteroatoms. The Morgan fingerprint density at radius 2 is 1.96 bits per heavy atom. The molecule has 0 saturated heterocycles. The number of hydrogen-bond donors (Lipinski definition) is 3. The summed E-state index contributed by atoms with van der Waals surface area (Å²) in [6.45, 7) is 6.76. The van der Waals surface area contributed by atoms with E-state index in [4.69, 9.17) is 9.73 Å². The van der Waals surface area contributed by atoms with Crippen molar-refractivity contribution in [3.05, 3.63) is 29.8 Å². The molecular weight excluding hydrogens is 467 g/mol. The van der Waals surface area contributed by atoms with Crippen molar-refractivity contribution in [3.8, 4) is 5.75 Å². The lowest BCUT2D eigenvalue weighted by Gasteiger charge is -2.26. The lowest BCUT2D eigenvalue weighted by Crippen LogP contribution is -2.42. The van der Waals surface area contributed by atoms with E-state index in [1.807, 2.05) is 12.1 Å². The van der Waals surface area contributed by atoms with Gasteiger partial charge in [0.1, 0.15) is 5.75 Å². The van der Waals surface area contributed by atoms with Gasteiger partial charge in [0.05, 0.1) is 13.2 Å². The van der Waals surface area contributed by atoms with E-state index in [0.717, 1.165) is 50.6 Å². The van der Waals surface area contributed by atoms with Gasteiger partial charge in [0.25, 0.3) is 0 Å². The molecule has 0 aromatic heterocycles. The summed E-state index contributed by atoms with van der Waals surface area (Å²) in [7, 11) is 5.85. The third-order valence-corrected chi connectivity index (χ3v) is 4.65. The molecule has 1 aromatic carbocycles. The van der Waals surface area contributed by atoms with Gasteiger partial charge in [-0.1, -0.05) is 25.5 Å². The van der Waals surface area contributed by atoms with Gasteiger partial charge in [0.2, 0.25) is 0 Å². The number of halogens is 1. The maximum Gasteiger partial charge on any atom is 0.191 e. The average molecular weight is 506 g/mol. The number of aliphatic hydroxyl groups is 1. The molecule has 0 aliphatic heterocycles. The molecule has 1 rings (SSSR count). The molecule has 2 atom stereocenters. The number of methoxy groups -OCH3 is 1. The predicted molar refractivity (Wildman–Crippen MR) is 129 cm³/mol. The number of benzene rings is 1. The van der Waals surface area contributed by atoms with E-state index in [2.05, 4.69) is 55.6 Å². The fraction of sp³-hybridized carbons (Fsp3) is 0.667. The minimum absolute atomic E-state index is 0. The van der Waals surface area contributed by atoms with Crippen molar-refractivity contribution >= 4 is 29.9 Å². The topological polar surface area (TPSA) is 69.1 Å². The molecule has 0 radical (unpaired) electrons. The summed E-state index contributed by atoms with van der Waals surface area (Å²) in [6, 6.07) is 8.39. The normalized spacial score (nSPS) is 13.6. The van der Waals surface area contributed by atoms with E-state index < -0.39 is 0 Å². The van der Waals surface area contributed by atoms with E-state index >= 15 is 0 Å². The second kappa shape index (κ2) is 15.8. The number of aliphatic imine (C=N–C) groups is 1. The van der Waals surface area contributed by atoms with Crippen LogP contribution in [-0.4, -0.2) is 63.4 Å². The summed E-state index contributed by atoms with van der Waals surface area (Å²) in [5.74, 6) is 2.12. The number of likely N-dealkylation sites (N-methyl/N-ethyl adjacent to an activating group) is 1. The summed E-state index contributed by atoms with van der Waals surface area (Å²) in [5, 5.41) is 16.0. The molecule has 28 heavy (non-hydrogen) atoms. The van der Waals surface area contributed by atoms with Crippen molar-refractivity contribution in [2.45, 2.75) is 39.2 Å². The molecular formula is C21H39IN4O2. The lowest BCUT2D eigenvalue weighted by molar-refractivity contribution is 0.253. The van der Waals surface area contributed by atoms with Crippen LogP contribution in [0.2, 0.25) is 0 Å². The van der Waals surface area contributed by atoms with Gasteiger partial charge in [-0.05, 0) is 57.5 Å². The van der Waals surface area contributed by atoms with E-state index in [9.17, 15) is 5.11 Å². The lowest BCUT2D eigenvalue weighted by atomic mass is 10.0. The van der Waals surface area contributed by atoms with Crippen LogP contribution in [0.3, 0.4) is 0 Å². The zero-order chi connectivity index (χ0) is 20.1. The van der Waals surface area contributed by atoms with Gasteiger partial charge in [-0.3, -0.25) is 4.99 Å². The number of guanidine groups is 1. The average Bonchev–Trinajstić information content (AvgIpc) is 2.66. The van der Waals surface area contributed by atoms with Gasteiger partial charge < -0.3 is 25.4 Å². The van der Waals surface area contributed by atoms with Crippen LogP contribution >= 0.6 is 24.0 Å². The molecule has 0 amide bonds. The minimum Gasteiger partial charge on any atom is -0.497 e. The number of ether oxygens (including phenoxy) is 1. The van der Waals surface area contributed by atoms with Crippen molar-refractivity contribution in [1.82, 2.24) is 15.5 Å². The molecule has 0 bridgehead atoms. The van der Waals surface area contributed by atoms with Crippen molar-refractivity contribution < 1.29 is 9.84 Å². The summed E-state index contributed by atoms with van der Waals surface area (Å²) in [5.41, 5.74) is 1.20. The van der Waals surface area contributed by atoms with Crippen LogP contribution < -0.4 is 15.4 Å². The third-order valence-electron chi connectivity index (χ3n) is 4.65. The maximum atomic E-state index is 9.24. The molecule has 0 fully saturated rings. The van der Waals surface area contributed by atoms with Gasteiger partial charge in [-0.2, -0.15) is 0 Å². The van der Waals surface area contributed by atoms with Crippen molar-refractivity contribution in [3.63, 3.8) is 0 Å². The van der Waals surface area contributed by atoms with Crippen molar-refractivity contribution in [1.29, 1.82) is 0 Å². The van der Waals surface area contributed by atoms with E-state index in [1.54, 1.807) is 7.11 Å². The predicted octanol–water partition coefficient (Wildman–Crippen LogP) is 3.27. The minimum atomic E-state index is 0. The monoisotopic (exact) mass is 506 g/mol. The highest BCUT2D eigenvalue weighted by atomic mass is 127. The zero-order valence-corrected chi connectivity index (χ0v) is 20.4. The van der Waals surface area contributed by atoms with Gasteiger partial charge >= 0.3 is 0 Å². The molecule has 3 N–H and O–H groups in total. The van der Waals surface area contributed by atoms with E-state index in [1.165, 1.54) is 5.56 Å². The first-order chi connectivity index (χ1) is 13.0. The highest BCUT2D eigenvalue weighted by Gasteiger charge is 2.16. The number of aliphatic hydroxyl groups excluding tert-OH is 1. The summed E-state index contributed by atoms with van der Waals surface area (Å²) < 4.78 is 5.36. The van der Waals surface area contributed by atoms with Crippen molar-refractivity contribution in [2.24, 2.45) is 10.9 Å². The number of nitrogens with one attached hydrogen (secondary N) is 2. The van der Waals surface area contributed by atoms with E-state index in [-0.39, 0.29) is 36.6 Å². The number of hydrogen-bond acceptors (Lipinski definition) is 4. The fourth-order valence-corrected chi connectivity index (χ4v) is 3.12. The van der Waals surface area contributed by atoms with Gasteiger partial charge in [0.15, 0.2) is 5.96 Å². The van der Waals surface area contributed by atoms with Crippen LogP contribution in [0.4, 0.5) is 0 Å². The molecule has 0 aliphatic rings. The van der Waals surface area contributed by atoms with Crippen LogP contribution in [0.5, 0.6) is 5.75 Å². The molecule has 0 spiro atoms. The fourth-order valence-electron chi connectivity index (χ4n) is 3.12. The largest absolute Gasteiger partial charge is 0.497 e. The van der Waals surface area contributed by atoms with Crippen LogP contribution in [0.1, 0.15) is 44.7 Å². The molecule has 162 valence electrons. The Labute approximate surface area is 188 Å². The molecule has 0 saturated carbocycles. The Hall–Kier alpha value is -1.06. The Bertz CT molecular complexity index is 549.